The fraction of sp³-hybridized carbons (Fsp3) is 0.389. The van der Waals surface area contributed by atoms with E-state index in [-0.39, 0.29) is 18.4 Å². The smallest absolute Gasteiger partial charge is 0.255 e. The van der Waals surface area contributed by atoms with E-state index >= 15 is 0 Å². The maximum Gasteiger partial charge on any atom is 0.255 e. The van der Waals surface area contributed by atoms with Crippen LogP contribution in [0.4, 0.5) is 5.13 Å². The normalized spacial score (nSPS) is 10.6. The third kappa shape index (κ3) is 6.09. The predicted molar refractivity (Wildman–Crippen MR) is 104 cm³/mol. The molecule has 0 aliphatic heterocycles. The topological polar surface area (TPSA) is 71.5 Å². The van der Waals surface area contributed by atoms with Crippen molar-refractivity contribution in [2.45, 2.75) is 20.3 Å². The van der Waals surface area contributed by atoms with E-state index in [9.17, 15) is 9.59 Å². The number of halogens is 1. The lowest BCUT2D eigenvalue weighted by molar-refractivity contribution is -0.116. The van der Waals surface area contributed by atoms with Crippen LogP contribution in [0.3, 0.4) is 0 Å². The average molecular weight is 396 g/mol. The molecule has 2 aromatic rings. The standard InChI is InChI=1S/C18H22ClN3O3S/c1-3-25-10-6-9-22(17(24)14-7-4-5-8-15(14)19)11-16(23)21-18-20-13(2)12-26-18/h4-5,7-8,12H,3,6,9-11H2,1-2H3,(H,20,21,23). The van der Waals surface area contributed by atoms with Crippen LogP contribution in [0.2, 0.25) is 5.02 Å². The molecule has 0 aliphatic carbocycles. The summed E-state index contributed by atoms with van der Waals surface area (Å²) in [6.07, 6.45) is 0.633. The van der Waals surface area contributed by atoms with E-state index in [1.807, 2.05) is 19.2 Å². The van der Waals surface area contributed by atoms with Crippen molar-refractivity contribution in [3.05, 3.63) is 45.9 Å². The highest BCUT2D eigenvalue weighted by Crippen LogP contribution is 2.18. The second-order valence-electron chi connectivity index (χ2n) is 5.60. The van der Waals surface area contributed by atoms with Gasteiger partial charge in [-0.3, -0.25) is 9.59 Å². The molecule has 2 amide bonds. The molecule has 0 aliphatic rings. The minimum atomic E-state index is -0.295. The van der Waals surface area contributed by atoms with Crippen molar-refractivity contribution in [1.29, 1.82) is 0 Å². The maximum absolute atomic E-state index is 12.8. The van der Waals surface area contributed by atoms with Crippen molar-refractivity contribution >= 4 is 39.9 Å². The van der Waals surface area contributed by atoms with Crippen LogP contribution in [0.25, 0.3) is 0 Å². The summed E-state index contributed by atoms with van der Waals surface area (Å²) in [6.45, 7) is 5.23. The van der Waals surface area contributed by atoms with Crippen LogP contribution in [0, 0.1) is 6.92 Å². The number of anilines is 1. The SMILES string of the molecule is CCOCCCN(CC(=O)Nc1nc(C)cs1)C(=O)c1ccccc1Cl. The molecule has 1 aromatic carbocycles. The molecule has 0 fully saturated rings. The minimum absolute atomic E-state index is 0.0746. The van der Waals surface area contributed by atoms with E-state index in [0.717, 1.165) is 5.69 Å². The Bertz CT molecular complexity index is 751. The van der Waals surface area contributed by atoms with Crippen molar-refractivity contribution in [3.8, 4) is 0 Å². The van der Waals surface area contributed by atoms with E-state index in [4.69, 9.17) is 16.3 Å². The number of aromatic nitrogens is 1. The molecule has 0 saturated carbocycles. The number of carbonyl (C=O) groups is 2. The molecule has 2 rings (SSSR count). The number of ether oxygens (including phenoxy) is 1. The summed E-state index contributed by atoms with van der Waals surface area (Å²) in [4.78, 5) is 30.9. The first-order valence-corrected chi connectivity index (χ1v) is 9.60. The van der Waals surface area contributed by atoms with Crippen LogP contribution in [0.15, 0.2) is 29.6 Å². The van der Waals surface area contributed by atoms with Gasteiger partial charge in [0.1, 0.15) is 6.54 Å². The van der Waals surface area contributed by atoms with Crippen molar-refractivity contribution in [2.24, 2.45) is 0 Å². The monoisotopic (exact) mass is 395 g/mol. The quantitative estimate of drug-likeness (QED) is 0.658. The number of aryl methyl sites for hydroxylation is 1. The van der Waals surface area contributed by atoms with Crippen LogP contribution in [0.1, 0.15) is 29.4 Å². The van der Waals surface area contributed by atoms with Crippen LogP contribution in [-0.2, 0) is 9.53 Å². The largest absolute Gasteiger partial charge is 0.382 e. The minimum Gasteiger partial charge on any atom is -0.382 e. The zero-order valence-electron chi connectivity index (χ0n) is 14.8. The number of rotatable bonds is 9. The molecule has 6 nitrogen and oxygen atoms in total. The van der Waals surface area contributed by atoms with Crippen LogP contribution in [-0.4, -0.2) is 48.0 Å². The Balaban J connectivity index is 2.05. The summed E-state index contributed by atoms with van der Waals surface area (Å²) in [6, 6.07) is 6.82. The third-order valence-electron chi connectivity index (χ3n) is 3.51. The van der Waals surface area contributed by atoms with Crippen molar-refractivity contribution in [2.75, 3.05) is 31.6 Å². The van der Waals surface area contributed by atoms with Gasteiger partial charge in [-0.25, -0.2) is 4.98 Å². The van der Waals surface area contributed by atoms with E-state index < -0.39 is 0 Å². The molecular formula is C18H22ClN3O3S. The first-order chi connectivity index (χ1) is 12.5. The number of benzene rings is 1. The summed E-state index contributed by atoms with van der Waals surface area (Å²) >= 11 is 7.48. The summed E-state index contributed by atoms with van der Waals surface area (Å²) in [5.41, 5.74) is 1.22. The van der Waals surface area contributed by atoms with Gasteiger partial charge in [0.2, 0.25) is 5.91 Å². The Morgan fingerprint density at radius 2 is 2.12 bits per heavy atom. The fourth-order valence-electron chi connectivity index (χ4n) is 2.30. The molecule has 1 heterocycles. The summed E-state index contributed by atoms with van der Waals surface area (Å²) < 4.78 is 5.32. The van der Waals surface area contributed by atoms with Crippen molar-refractivity contribution < 1.29 is 14.3 Å². The van der Waals surface area contributed by atoms with Gasteiger partial charge in [0.15, 0.2) is 5.13 Å². The highest BCUT2D eigenvalue weighted by atomic mass is 35.5. The zero-order valence-corrected chi connectivity index (χ0v) is 16.4. The molecule has 0 bridgehead atoms. The van der Waals surface area contributed by atoms with E-state index in [0.29, 0.717) is 41.9 Å². The lowest BCUT2D eigenvalue weighted by atomic mass is 10.2. The average Bonchev–Trinajstić information content (AvgIpc) is 3.02. The molecule has 0 spiro atoms. The molecule has 26 heavy (non-hydrogen) atoms. The summed E-state index contributed by atoms with van der Waals surface area (Å²) in [5, 5.41) is 5.46. The van der Waals surface area contributed by atoms with Crippen LogP contribution < -0.4 is 5.32 Å². The number of hydrogen-bond donors (Lipinski definition) is 1. The van der Waals surface area contributed by atoms with Gasteiger partial charge >= 0.3 is 0 Å². The van der Waals surface area contributed by atoms with Crippen LogP contribution >= 0.6 is 22.9 Å². The number of amides is 2. The van der Waals surface area contributed by atoms with Gasteiger partial charge in [0.25, 0.3) is 5.91 Å². The molecule has 1 N–H and O–H groups in total. The van der Waals surface area contributed by atoms with Crippen molar-refractivity contribution in [3.63, 3.8) is 0 Å². The predicted octanol–water partition coefficient (Wildman–Crippen LogP) is 3.61. The first kappa shape index (κ1) is 20.4. The Morgan fingerprint density at radius 3 is 2.77 bits per heavy atom. The number of hydrogen-bond acceptors (Lipinski definition) is 5. The molecule has 0 unspecified atom stereocenters. The van der Waals surface area contributed by atoms with Gasteiger partial charge in [0.05, 0.1) is 16.3 Å². The van der Waals surface area contributed by atoms with E-state index in [1.165, 1.54) is 16.2 Å². The highest BCUT2D eigenvalue weighted by molar-refractivity contribution is 7.13. The first-order valence-electron chi connectivity index (χ1n) is 8.34. The Morgan fingerprint density at radius 1 is 1.35 bits per heavy atom. The number of nitrogens with zero attached hydrogens (tertiary/aromatic N) is 2. The molecule has 0 atom stereocenters. The molecule has 0 radical (unpaired) electrons. The van der Waals surface area contributed by atoms with E-state index in [1.54, 1.807) is 24.3 Å². The van der Waals surface area contributed by atoms with Gasteiger partial charge in [0, 0.05) is 25.1 Å². The van der Waals surface area contributed by atoms with Gasteiger partial charge in [-0.15, -0.1) is 11.3 Å². The van der Waals surface area contributed by atoms with Gasteiger partial charge in [-0.2, -0.15) is 0 Å². The fourth-order valence-corrected chi connectivity index (χ4v) is 3.22. The number of carbonyl (C=O) groups excluding carboxylic acids is 2. The Hall–Kier alpha value is -1.96. The van der Waals surface area contributed by atoms with E-state index in [2.05, 4.69) is 10.3 Å². The summed E-state index contributed by atoms with van der Waals surface area (Å²) in [5.74, 6) is -0.575. The van der Waals surface area contributed by atoms with Gasteiger partial charge < -0.3 is 15.0 Å². The maximum atomic E-state index is 12.8. The zero-order chi connectivity index (χ0) is 18.9. The molecule has 1 aromatic heterocycles. The Labute approximate surface area is 162 Å². The molecular weight excluding hydrogens is 374 g/mol. The molecule has 8 heteroatoms. The molecule has 140 valence electrons. The second kappa shape index (κ2) is 10.3. The lowest BCUT2D eigenvalue weighted by Crippen LogP contribution is -2.39. The highest BCUT2D eigenvalue weighted by Gasteiger charge is 2.21. The van der Waals surface area contributed by atoms with Gasteiger partial charge in [-0.05, 0) is 32.4 Å². The second-order valence-corrected chi connectivity index (χ2v) is 6.86. The molecule has 0 saturated heterocycles. The number of thiazole rings is 1. The number of nitrogens with one attached hydrogen (secondary N) is 1. The Kier molecular flexibility index (Phi) is 8.03. The van der Waals surface area contributed by atoms with Crippen molar-refractivity contribution in [1.82, 2.24) is 9.88 Å². The lowest BCUT2D eigenvalue weighted by Gasteiger charge is -2.22. The van der Waals surface area contributed by atoms with Gasteiger partial charge in [-0.1, -0.05) is 23.7 Å². The third-order valence-corrected chi connectivity index (χ3v) is 4.72. The van der Waals surface area contributed by atoms with Crippen LogP contribution in [0.5, 0.6) is 0 Å². The summed E-state index contributed by atoms with van der Waals surface area (Å²) in [7, 11) is 0.